The van der Waals surface area contributed by atoms with Crippen molar-refractivity contribution in [3.8, 4) is 0 Å². The van der Waals surface area contributed by atoms with Crippen molar-refractivity contribution in [3.05, 3.63) is 82.2 Å². The second-order valence-corrected chi connectivity index (χ2v) is 7.82. The molecule has 144 valence electrons. The minimum atomic E-state index is -0.483. The van der Waals surface area contributed by atoms with Gasteiger partial charge in [-0.25, -0.2) is 0 Å². The van der Waals surface area contributed by atoms with E-state index in [1.807, 2.05) is 36.4 Å². The molecular weight excluding hydrogens is 408 g/mol. The lowest BCUT2D eigenvalue weighted by Crippen LogP contribution is -2.36. The van der Waals surface area contributed by atoms with E-state index in [4.69, 9.17) is 11.6 Å². The Bertz CT molecular complexity index is 1150. The highest BCUT2D eigenvalue weighted by Crippen LogP contribution is 2.32. The molecule has 0 atom stereocenters. The molecule has 4 rings (SSSR count). The fourth-order valence-electron chi connectivity index (χ4n) is 3.01. The van der Waals surface area contributed by atoms with Crippen LogP contribution >= 0.6 is 23.4 Å². The van der Waals surface area contributed by atoms with E-state index in [1.165, 1.54) is 0 Å². The predicted octanol–water partition coefficient (Wildman–Crippen LogP) is 5.17. The van der Waals surface area contributed by atoms with E-state index in [-0.39, 0.29) is 11.4 Å². The SMILES string of the molecule is O=C(CN1C(=O)S/C(=C/c2ccc(Cl)cc2)C1=O)Nc1cccc2ccccc12. The molecule has 29 heavy (non-hydrogen) atoms. The molecular formula is C22H15ClN2O3S. The summed E-state index contributed by atoms with van der Waals surface area (Å²) in [4.78, 5) is 38.6. The third kappa shape index (κ3) is 4.18. The molecule has 0 radical (unpaired) electrons. The van der Waals surface area contributed by atoms with Gasteiger partial charge in [0.25, 0.3) is 11.1 Å². The van der Waals surface area contributed by atoms with Crippen molar-refractivity contribution >= 4 is 63.0 Å². The number of halogens is 1. The first-order valence-corrected chi connectivity index (χ1v) is 9.99. The van der Waals surface area contributed by atoms with Crippen LogP contribution in [0.15, 0.2) is 71.6 Å². The second kappa shape index (κ2) is 8.11. The fourth-order valence-corrected chi connectivity index (χ4v) is 3.98. The van der Waals surface area contributed by atoms with Crippen LogP contribution in [0.1, 0.15) is 5.56 Å². The van der Waals surface area contributed by atoms with Crippen LogP contribution in [0.4, 0.5) is 10.5 Å². The summed E-state index contributed by atoms with van der Waals surface area (Å²) in [5, 5.41) is 4.79. The normalized spacial score (nSPS) is 15.3. The molecule has 0 bridgehead atoms. The van der Waals surface area contributed by atoms with Gasteiger partial charge < -0.3 is 5.32 Å². The van der Waals surface area contributed by atoms with Gasteiger partial charge in [-0.1, -0.05) is 60.1 Å². The van der Waals surface area contributed by atoms with Gasteiger partial charge >= 0.3 is 0 Å². The highest BCUT2D eigenvalue weighted by Gasteiger charge is 2.36. The van der Waals surface area contributed by atoms with Crippen LogP contribution in [-0.2, 0) is 9.59 Å². The quantitative estimate of drug-likeness (QED) is 0.589. The van der Waals surface area contributed by atoms with Crippen molar-refractivity contribution in [1.82, 2.24) is 4.90 Å². The lowest BCUT2D eigenvalue weighted by Gasteiger charge is -2.13. The summed E-state index contributed by atoms with van der Waals surface area (Å²) in [7, 11) is 0. The van der Waals surface area contributed by atoms with Crippen LogP contribution in [0.2, 0.25) is 5.02 Å². The van der Waals surface area contributed by atoms with Crippen LogP contribution in [-0.4, -0.2) is 28.5 Å². The van der Waals surface area contributed by atoms with E-state index < -0.39 is 17.1 Å². The Balaban J connectivity index is 1.48. The van der Waals surface area contributed by atoms with Gasteiger partial charge in [0.1, 0.15) is 6.54 Å². The largest absolute Gasteiger partial charge is 0.324 e. The van der Waals surface area contributed by atoms with Crippen LogP contribution in [0.25, 0.3) is 16.8 Å². The van der Waals surface area contributed by atoms with Crippen LogP contribution in [0, 0.1) is 0 Å². The van der Waals surface area contributed by atoms with E-state index in [0.29, 0.717) is 10.7 Å². The third-order valence-electron chi connectivity index (χ3n) is 4.41. The standard InChI is InChI=1S/C22H15ClN2O3S/c23-16-10-8-14(9-11-16)12-19-21(27)25(22(28)29-19)13-20(26)24-18-7-3-5-15-4-1-2-6-17(15)18/h1-12H,13H2,(H,24,26)/b19-12+. The van der Waals surface area contributed by atoms with Gasteiger partial charge in [0, 0.05) is 16.1 Å². The molecule has 1 fully saturated rings. The average molecular weight is 423 g/mol. The summed E-state index contributed by atoms with van der Waals surface area (Å²) in [5.74, 6) is -0.917. The highest BCUT2D eigenvalue weighted by atomic mass is 35.5. The number of fused-ring (bicyclic) bond motifs is 1. The van der Waals surface area contributed by atoms with Crippen LogP contribution < -0.4 is 5.32 Å². The van der Waals surface area contributed by atoms with Crippen LogP contribution in [0.5, 0.6) is 0 Å². The Labute approximate surface area is 176 Å². The Kier molecular flexibility index (Phi) is 5.38. The molecule has 0 aliphatic carbocycles. The summed E-state index contributed by atoms with van der Waals surface area (Å²) in [6, 6.07) is 20.1. The van der Waals surface area contributed by atoms with Gasteiger partial charge in [-0.3, -0.25) is 19.3 Å². The number of hydrogen-bond donors (Lipinski definition) is 1. The zero-order valence-corrected chi connectivity index (χ0v) is 16.7. The van der Waals surface area contributed by atoms with Gasteiger partial charge in [-0.2, -0.15) is 0 Å². The zero-order chi connectivity index (χ0) is 20.4. The van der Waals surface area contributed by atoms with Gasteiger partial charge in [0.15, 0.2) is 0 Å². The number of rotatable bonds is 4. The molecule has 1 aliphatic heterocycles. The number of imide groups is 1. The van der Waals surface area contributed by atoms with Crippen molar-refractivity contribution in [3.63, 3.8) is 0 Å². The van der Waals surface area contributed by atoms with Crippen molar-refractivity contribution < 1.29 is 14.4 Å². The monoisotopic (exact) mass is 422 g/mol. The molecule has 0 unspecified atom stereocenters. The first-order valence-electron chi connectivity index (χ1n) is 8.80. The minimum absolute atomic E-state index is 0.273. The molecule has 5 nitrogen and oxygen atoms in total. The molecule has 1 heterocycles. The summed E-state index contributed by atoms with van der Waals surface area (Å²) in [6.45, 7) is -0.341. The van der Waals surface area contributed by atoms with Crippen LogP contribution in [0.3, 0.4) is 0 Å². The number of carbonyl (C=O) groups is 3. The molecule has 3 aromatic carbocycles. The molecule has 1 aliphatic rings. The van der Waals surface area contributed by atoms with Gasteiger partial charge in [0.05, 0.1) is 4.91 Å². The van der Waals surface area contributed by atoms with E-state index >= 15 is 0 Å². The molecule has 0 spiro atoms. The zero-order valence-electron chi connectivity index (χ0n) is 15.1. The summed E-state index contributed by atoms with van der Waals surface area (Å²) >= 11 is 6.68. The van der Waals surface area contributed by atoms with E-state index in [9.17, 15) is 14.4 Å². The van der Waals surface area contributed by atoms with Crippen molar-refractivity contribution in [1.29, 1.82) is 0 Å². The summed E-state index contributed by atoms with van der Waals surface area (Å²) in [5.41, 5.74) is 1.39. The van der Waals surface area contributed by atoms with Gasteiger partial charge in [-0.15, -0.1) is 0 Å². The molecule has 3 aromatic rings. The highest BCUT2D eigenvalue weighted by molar-refractivity contribution is 8.18. The smallest absolute Gasteiger partial charge is 0.294 e. The molecule has 1 saturated heterocycles. The third-order valence-corrected chi connectivity index (χ3v) is 5.57. The van der Waals surface area contributed by atoms with Gasteiger partial charge in [0.2, 0.25) is 5.91 Å². The number of hydrogen-bond acceptors (Lipinski definition) is 4. The second-order valence-electron chi connectivity index (χ2n) is 6.39. The molecule has 3 amide bonds. The Morgan fingerprint density at radius 2 is 1.72 bits per heavy atom. The Hall–Kier alpha value is -3.09. The number of amides is 3. The number of benzene rings is 3. The maximum absolute atomic E-state index is 12.6. The topological polar surface area (TPSA) is 66.5 Å². The minimum Gasteiger partial charge on any atom is -0.324 e. The number of carbonyl (C=O) groups excluding carboxylic acids is 3. The number of nitrogens with zero attached hydrogens (tertiary/aromatic N) is 1. The average Bonchev–Trinajstić information content (AvgIpc) is 2.97. The van der Waals surface area contributed by atoms with Crippen molar-refractivity contribution in [2.75, 3.05) is 11.9 Å². The Morgan fingerprint density at radius 1 is 1.00 bits per heavy atom. The summed E-state index contributed by atoms with van der Waals surface area (Å²) < 4.78 is 0. The number of thioether (sulfide) groups is 1. The lowest BCUT2D eigenvalue weighted by atomic mass is 10.1. The Morgan fingerprint density at radius 3 is 2.52 bits per heavy atom. The lowest BCUT2D eigenvalue weighted by molar-refractivity contribution is -0.127. The predicted molar refractivity (Wildman–Crippen MR) is 117 cm³/mol. The van der Waals surface area contributed by atoms with E-state index in [1.54, 1.807) is 36.4 Å². The maximum Gasteiger partial charge on any atom is 0.294 e. The number of anilines is 1. The summed E-state index contributed by atoms with van der Waals surface area (Å²) in [6.07, 6.45) is 1.61. The van der Waals surface area contributed by atoms with E-state index in [0.717, 1.165) is 33.0 Å². The molecule has 7 heteroatoms. The fraction of sp³-hybridized carbons (Fsp3) is 0.0455. The maximum atomic E-state index is 12.6. The van der Waals surface area contributed by atoms with Crippen molar-refractivity contribution in [2.24, 2.45) is 0 Å². The van der Waals surface area contributed by atoms with Crippen molar-refractivity contribution in [2.45, 2.75) is 0 Å². The molecule has 0 saturated carbocycles. The molecule has 1 N–H and O–H groups in total. The van der Waals surface area contributed by atoms with E-state index in [2.05, 4.69) is 5.32 Å². The first kappa shape index (κ1) is 19.2. The first-order chi connectivity index (χ1) is 14.0. The molecule has 0 aromatic heterocycles. The van der Waals surface area contributed by atoms with Gasteiger partial charge in [-0.05, 0) is 47.0 Å². The number of nitrogens with one attached hydrogen (secondary N) is 1.